The van der Waals surface area contributed by atoms with Crippen molar-refractivity contribution >= 4 is 11.8 Å². The zero-order chi connectivity index (χ0) is 16.7. The number of hydrogen-bond donors (Lipinski definition) is 3. The number of nitrogens with one attached hydrogen (secondary N) is 3. The van der Waals surface area contributed by atoms with Gasteiger partial charge in [0.2, 0.25) is 11.8 Å². The van der Waals surface area contributed by atoms with Gasteiger partial charge in [-0.25, -0.2) is 0 Å². The van der Waals surface area contributed by atoms with Gasteiger partial charge in [0, 0.05) is 38.0 Å². The van der Waals surface area contributed by atoms with Crippen molar-refractivity contribution in [1.82, 2.24) is 16.0 Å². The fourth-order valence-electron chi connectivity index (χ4n) is 2.55. The second kappa shape index (κ2) is 8.53. The summed E-state index contributed by atoms with van der Waals surface area (Å²) < 4.78 is 5.61. The lowest BCUT2D eigenvalue weighted by molar-refractivity contribution is -0.123. The SMILES string of the molecule is CCOc1ccccc1C(CC(=O)NCC1CNC1)NC(C)=O. The van der Waals surface area contributed by atoms with Crippen LogP contribution in [0, 0.1) is 5.92 Å². The fraction of sp³-hybridized carbons (Fsp3) is 0.529. The maximum absolute atomic E-state index is 12.2. The molecule has 2 rings (SSSR count). The van der Waals surface area contributed by atoms with Crippen LogP contribution in [0.15, 0.2) is 24.3 Å². The zero-order valence-corrected chi connectivity index (χ0v) is 13.7. The van der Waals surface area contributed by atoms with Crippen molar-refractivity contribution in [2.24, 2.45) is 5.92 Å². The molecule has 2 amide bonds. The highest BCUT2D eigenvalue weighted by Crippen LogP contribution is 2.27. The zero-order valence-electron chi connectivity index (χ0n) is 13.7. The van der Waals surface area contributed by atoms with Gasteiger partial charge >= 0.3 is 0 Å². The van der Waals surface area contributed by atoms with Crippen LogP contribution in [0.25, 0.3) is 0 Å². The smallest absolute Gasteiger partial charge is 0.222 e. The predicted octanol–water partition coefficient (Wildman–Crippen LogP) is 0.988. The Bertz CT molecular complexity index is 544. The third kappa shape index (κ3) is 5.25. The minimum absolute atomic E-state index is 0.0676. The Balaban J connectivity index is 2.03. The number of carbonyl (C=O) groups is 2. The van der Waals surface area contributed by atoms with E-state index >= 15 is 0 Å². The number of amides is 2. The average molecular weight is 319 g/mol. The highest BCUT2D eigenvalue weighted by atomic mass is 16.5. The standard InChI is InChI=1S/C17H25N3O3/c1-3-23-16-7-5-4-6-14(16)15(20-12(2)21)8-17(22)19-11-13-9-18-10-13/h4-7,13,15,18H,3,8-11H2,1-2H3,(H,19,22)(H,20,21). The molecule has 1 saturated heterocycles. The third-order valence-electron chi connectivity index (χ3n) is 3.82. The molecule has 1 aliphatic rings. The Morgan fingerprint density at radius 3 is 2.70 bits per heavy atom. The predicted molar refractivity (Wildman–Crippen MR) is 88.2 cm³/mol. The van der Waals surface area contributed by atoms with E-state index in [1.807, 2.05) is 31.2 Å². The van der Waals surface area contributed by atoms with Gasteiger partial charge < -0.3 is 20.7 Å². The Morgan fingerprint density at radius 2 is 2.09 bits per heavy atom. The summed E-state index contributed by atoms with van der Waals surface area (Å²) >= 11 is 0. The molecule has 0 bridgehead atoms. The van der Waals surface area contributed by atoms with Gasteiger partial charge in [0.05, 0.1) is 19.1 Å². The van der Waals surface area contributed by atoms with Gasteiger partial charge in [-0.05, 0) is 13.0 Å². The highest BCUT2D eigenvalue weighted by Gasteiger charge is 2.22. The minimum Gasteiger partial charge on any atom is -0.494 e. The van der Waals surface area contributed by atoms with E-state index in [2.05, 4.69) is 16.0 Å². The van der Waals surface area contributed by atoms with Crippen LogP contribution >= 0.6 is 0 Å². The second-order valence-electron chi connectivity index (χ2n) is 5.76. The van der Waals surface area contributed by atoms with E-state index in [1.54, 1.807) is 0 Å². The molecule has 6 nitrogen and oxygen atoms in total. The summed E-state index contributed by atoms with van der Waals surface area (Å²) in [6.45, 7) is 6.46. The summed E-state index contributed by atoms with van der Waals surface area (Å²) in [5, 5.41) is 8.96. The lowest BCUT2D eigenvalue weighted by atomic mass is 10.0. The van der Waals surface area contributed by atoms with E-state index in [0.717, 1.165) is 18.7 Å². The molecule has 0 spiro atoms. The van der Waals surface area contributed by atoms with Gasteiger partial charge in [-0.1, -0.05) is 18.2 Å². The first-order chi connectivity index (χ1) is 11.1. The molecule has 1 atom stereocenters. The summed E-state index contributed by atoms with van der Waals surface area (Å²) in [4.78, 5) is 23.7. The van der Waals surface area contributed by atoms with E-state index in [9.17, 15) is 9.59 Å². The first-order valence-electron chi connectivity index (χ1n) is 8.06. The molecule has 1 aliphatic heterocycles. The molecule has 0 radical (unpaired) electrons. The number of para-hydroxylation sites is 1. The number of carbonyl (C=O) groups excluding carboxylic acids is 2. The number of rotatable bonds is 8. The van der Waals surface area contributed by atoms with Crippen molar-refractivity contribution in [3.05, 3.63) is 29.8 Å². The van der Waals surface area contributed by atoms with Crippen LogP contribution in [0.2, 0.25) is 0 Å². The quantitative estimate of drug-likeness (QED) is 0.667. The number of ether oxygens (including phenoxy) is 1. The van der Waals surface area contributed by atoms with Crippen LogP contribution in [0.4, 0.5) is 0 Å². The Labute approximate surface area is 137 Å². The lowest BCUT2D eigenvalue weighted by Gasteiger charge is -2.27. The fourth-order valence-corrected chi connectivity index (χ4v) is 2.55. The molecule has 6 heteroatoms. The lowest BCUT2D eigenvalue weighted by Crippen LogP contribution is -2.48. The largest absolute Gasteiger partial charge is 0.494 e. The molecule has 1 unspecified atom stereocenters. The second-order valence-corrected chi connectivity index (χ2v) is 5.76. The monoisotopic (exact) mass is 319 g/mol. The number of benzene rings is 1. The van der Waals surface area contributed by atoms with E-state index in [1.165, 1.54) is 6.92 Å². The van der Waals surface area contributed by atoms with Crippen molar-refractivity contribution in [2.75, 3.05) is 26.2 Å². The Hall–Kier alpha value is -2.08. The van der Waals surface area contributed by atoms with Crippen LogP contribution in [-0.4, -0.2) is 38.1 Å². The molecular formula is C17H25N3O3. The van der Waals surface area contributed by atoms with Crippen LogP contribution < -0.4 is 20.7 Å². The summed E-state index contributed by atoms with van der Waals surface area (Å²) in [5.41, 5.74) is 0.824. The van der Waals surface area contributed by atoms with Crippen LogP contribution in [0.1, 0.15) is 31.9 Å². The molecule has 1 aromatic rings. The molecular weight excluding hydrogens is 294 g/mol. The topological polar surface area (TPSA) is 79.5 Å². The minimum atomic E-state index is -0.394. The van der Waals surface area contributed by atoms with Crippen LogP contribution in [-0.2, 0) is 9.59 Å². The molecule has 3 N–H and O–H groups in total. The van der Waals surface area contributed by atoms with Crippen molar-refractivity contribution in [3.8, 4) is 5.75 Å². The van der Waals surface area contributed by atoms with Gasteiger partial charge in [-0.3, -0.25) is 9.59 Å². The normalized spacial score (nSPS) is 15.4. The van der Waals surface area contributed by atoms with Crippen LogP contribution in [0.3, 0.4) is 0 Å². The Kier molecular flexibility index (Phi) is 6.40. The highest BCUT2D eigenvalue weighted by molar-refractivity contribution is 5.79. The van der Waals surface area contributed by atoms with Gasteiger partial charge in [-0.15, -0.1) is 0 Å². The summed E-state index contributed by atoms with van der Waals surface area (Å²) in [5.74, 6) is 0.970. The van der Waals surface area contributed by atoms with Gasteiger partial charge in [-0.2, -0.15) is 0 Å². The molecule has 0 aliphatic carbocycles. The Morgan fingerprint density at radius 1 is 1.35 bits per heavy atom. The van der Waals surface area contributed by atoms with E-state index in [-0.39, 0.29) is 18.2 Å². The van der Waals surface area contributed by atoms with E-state index in [4.69, 9.17) is 4.74 Å². The van der Waals surface area contributed by atoms with Crippen LogP contribution in [0.5, 0.6) is 5.75 Å². The molecule has 1 fully saturated rings. The number of hydrogen-bond acceptors (Lipinski definition) is 4. The molecule has 0 aromatic heterocycles. The van der Waals surface area contributed by atoms with Crippen molar-refractivity contribution in [1.29, 1.82) is 0 Å². The maximum atomic E-state index is 12.2. The van der Waals surface area contributed by atoms with Crippen molar-refractivity contribution in [2.45, 2.75) is 26.3 Å². The van der Waals surface area contributed by atoms with E-state index in [0.29, 0.717) is 24.8 Å². The molecule has 0 saturated carbocycles. The van der Waals surface area contributed by atoms with Crippen molar-refractivity contribution < 1.29 is 14.3 Å². The molecule has 1 heterocycles. The summed E-state index contributed by atoms with van der Waals surface area (Å²) in [6, 6.07) is 7.10. The van der Waals surface area contributed by atoms with Crippen molar-refractivity contribution in [3.63, 3.8) is 0 Å². The average Bonchev–Trinajstić information content (AvgIpc) is 2.45. The van der Waals surface area contributed by atoms with Gasteiger partial charge in [0.25, 0.3) is 0 Å². The molecule has 23 heavy (non-hydrogen) atoms. The summed E-state index contributed by atoms with van der Waals surface area (Å²) in [7, 11) is 0. The molecule has 126 valence electrons. The van der Waals surface area contributed by atoms with Gasteiger partial charge in [0.1, 0.15) is 5.75 Å². The molecule has 1 aromatic carbocycles. The maximum Gasteiger partial charge on any atom is 0.222 e. The summed E-state index contributed by atoms with van der Waals surface area (Å²) in [6.07, 6.45) is 0.198. The third-order valence-corrected chi connectivity index (χ3v) is 3.82. The first kappa shape index (κ1) is 17.3. The van der Waals surface area contributed by atoms with E-state index < -0.39 is 6.04 Å². The first-order valence-corrected chi connectivity index (χ1v) is 8.06. The van der Waals surface area contributed by atoms with Gasteiger partial charge in [0.15, 0.2) is 0 Å².